The van der Waals surface area contributed by atoms with Gasteiger partial charge in [-0.2, -0.15) is 0 Å². The number of hydrogen-bond donors (Lipinski definition) is 1. The molecule has 140 valence electrons. The van der Waals surface area contributed by atoms with Crippen molar-refractivity contribution in [2.75, 3.05) is 31.9 Å². The molecular formula is C21H22N2O2S2. The first kappa shape index (κ1) is 18.3. The Morgan fingerprint density at radius 2 is 1.81 bits per heavy atom. The van der Waals surface area contributed by atoms with E-state index in [4.69, 9.17) is 0 Å². The van der Waals surface area contributed by atoms with Crippen molar-refractivity contribution in [1.29, 1.82) is 0 Å². The van der Waals surface area contributed by atoms with Gasteiger partial charge in [0.05, 0.1) is 0 Å². The molecule has 1 aliphatic heterocycles. The molecule has 0 aliphatic carbocycles. The van der Waals surface area contributed by atoms with Gasteiger partial charge in [0.25, 0.3) is 0 Å². The molecule has 1 atom stereocenters. The number of nitrogens with zero attached hydrogens (tertiary/aromatic N) is 1. The smallest absolute Gasteiger partial charge is 0.235 e. The van der Waals surface area contributed by atoms with Crippen LogP contribution in [0.5, 0.6) is 0 Å². The summed E-state index contributed by atoms with van der Waals surface area (Å²) in [5.41, 5.74) is 2.15. The van der Waals surface area contributed by atoms with Gasteiger partial charge in [-0.15, -0.1) is 11.3 Å². The van der Waals surface area contributed by atoms with Crippen LogP contribution in [0, 0.1) is 0 Å². The molecule has 2 heterocycles. The second-order valence-corrected chi connectivity index (χ2v) is 9.21. The summed E-state index contributed by atoms with van der Waals surface area (Å²) in [5, 5.41) is 4.46. The Hall–Kier alpha value is -2.02. The zero-order chi connectivity index (χ0) is 18.6. The number of nitrogens with one attached hydrogen (secondary N) is 1. The Labute approximate surface area is 165 Å². The van der Waals surface area contributed by atoms with Crippen molar-refractivity contribution in [1.82, 2.24) is 10.2 Å². The first-order valence-corrected chi connectivity index (χ1v) is 11.4. The Balaban J connectivity index is 1.51. The monoisotopic (exact) mass is 398 g/mol. The number of carbonyl (C=O) groups is 1. The van der Waals surface area contributed by atoms with Gasteiger partial charge >= 0.3 is 0 Å². The molecule has 4 nitrogen and oxygen atoms in total. The van der Waals surface area contributed by atoms with Gasteiger partial charge in [0.2, 0.25) is 5.91 Å². The zero-order valence-corrected chi connectivity index (χ0v) is 16.7. The van der Waals surface area contributed by atoms with E-state index in [1.165, 1.54) is 15.0 Å². The van der Waals surface area contributed by atoms with Crippen molar-refractivity contribution in [3.05, 3.63) is 60.2 Å². The predicted molar refractivity (Wildman–Crippen MR) is 113 cm³/mol. The van der Waals surface area contributed by atoms with E-state index in [0.29, 0.717) is 18.8 Å². The van der Waals surface area contributed by atoms with Crippen LogP contribution in [-0.2, 0) is 21.3 Å². The Bertz CT molecular complexity index is 944. The van der Waals surface area contributed by atoms with E-state index in [0.717, 1.165) is 24.2 Å². The third-order valence-corrected chi connectivity index (χ3v) is 7.13. The van der Waals surface area contributed by atoms with Crippen LogP contribution in [0.2, 0.25) is 0 Å². The molecule has 1 unspecified atom stereocenters. The lowest BCUT2D eigenvalue weighted by Gasteiger charge is -2.27. The third kappa shape index (κ3) is 4.29. The number of thiophene rings is 1. The molecular weight excluding hydrogens is 376 g/mol. The van der Waals surface area contributed by atoms with E-state index in [1.54, 1.807) is 11.3 Å². The summed E-state index contributed by atoms with van der Waals surface area (Å²) in [6, 6.07) is 18.6. The number of fused-ring (bicyclic) bond motifs is 1. The standard InChI is InChI=1S/C21H22N2O2S2/c24-21(23-11-9-22-10-12-23)15-27(25)14-17-6-1-3-7-18(17)20-13-16-5-2-4-8-19(16)26-20/h1-8,13,22H,9-12,14-15H2. The average molecular weight is 399 g/mol. The molecule has 0 radical (unpaired) electrons. The molecule has 1 aliphatic rings. The van der Waals surface area contributed by atoms with Crippen LogP contribution in [0.15, 0.2) is 54.6 Å². The Morgan fingerprint density at radius 1 is 1.07 bits per heavy atom. The van der Waals surface area contributed by atoms with Crippen LogP contribution in [0.3, 0.4) is 0 Å². The average Bonchev–Trinajstić information content (AvgIpc) is 3.13. The lowest BCUT2D eigenvalue weighted by molar-refractivity contribution is -0.128. The van der Waals surface area contributed by atoms with Crippen LogP contribution in [-0.4, -0.2) is 46.9 Å². The van der Waals surface area contributed by atoms with Crippen LogP contribution in [0.4, 0.5) is 0 Å². The summed E-state index contributed by atoms with van der Waals surface area (Å²) in [6.45, 7) is 3.03. The summed E-state index contributed by atoms with van der Waals surface area (Å²) < 4.78 is 13.9. The molecule has 0 bridgehead atoms. The van der Waals surface area contributed by atoms with Gasteiger partial charge in [0.15, 0.2) is 0 Å². The maximum absolute atomic E-state index is 12.7. The summed E-state index contributed by atoms with van der Waals surface area (Å²) >= 11 is 1.75. The number of piperazine rings is 1. The topological polar surface area (TPSA) is 49.4 Å². The van der Waals surface area contributed by atoms with Gasteiger partial charge in [-0.25, -0.2) is 0 Å². The van der Waals surface area contributed by atoms with Gasteiger partial charge in [0, 0.05) is 52.3 Å². The molecule has 1 N–H and O–H groups in total. The molecule has 1 fully saturated rings. The summed E-state index contributed by atoms with van der Waals surface area (Å²) in [7, 11) is -1.21. The highest BCUT2D eigenvalue weighted by molar-refractivity contribution is 7.84. The quantitative estimate of drug-likeness (QED) is 0.718. The highest BCUT2D eigenvalue weighted by Crippen LogP contribution is 2.35. The van der Waals surface area contributed by atoms with E-state index in [1.807, 2.05) is 35.2 Å². The van der Waals surface area contributed by atoms with Crippen LogP contribution in [0.1, 0.15) is 5.56 Å². The molecule has 1 saturated heterocycles. The van der Waals surface area contributed by atoms with Crippen LogP contribution in [0.25, 0.3) is 20.5 Å². The number of carbonyl (C=O) groups excluding carboxylic acids is 1. The summed E-state index contributed by atoms with van der Waals surface area (Å²) in [6.07, 6.45) is 0. The fourth-order valence-electron chi connectivity index (χ4n) is 3.37. The first-order chi connectivity index (χ1) is 13.2. The predicted octanol–water partition coefficient (Wildman–Crippen LogP) is 3.25. The minimum absolute atomic E-state index is 0.00539. The second kappa shape index (κ2) is 8.33. The van der Waals surface area contributed by atoms with E-state index in [2.05, 4.69) is 29.6 Å². The van der Waals surface area contributed by atoms with Crippen LogP contribution < -0.4 is 5.32 Å². The van der Waals surface area contributed by atoms with Crippen molar-refractivity contribution >= 4 is 38.1 Å². The highest BCUT2D eigenvalue weighted by atomic mass is 32.2. The third-order valence-electron chi connectivity index (χ3n) is 4.78. The fraction of sp³-hybridized carbons (Fsp3) is 0.286. The lowest BCUT2D eigenvalue weighted by Crippen LogP contribution is -2.47. The molecule has 4 rings (SSSR count). The molecule has 1 aromatic heterocycles. The number of hydrogen-bond acceptors (Lipinski definition) is 4. The van der Waals surface area contributed by atoms with Crippen molar-refractivity contribution in [2.45, 2.75) is 5.75 Å². The van der Waals surface area contributed by atoms with E-state index >= 15 is 0 Å². The molecule has 27 heavy (non-hydrogen) atoms. The molecule has 2 aromatic carbocycles. The van der Waals surface area contributed by atoms with Crippen molar-refractivity contribution in [3.8, 4) is 10.4 Å². The van der Waals surface area contributed by atoms with Crippen molar-refractivity contribution in [3.63, 3.8) is 0 Å². The minimum Gasteiger partial charge on any atom is -0.339 e. The van der Waals surface area contributed by atoms with Gasteiger partial charge in [-0.1, -0.05) is 42.5 Å². The first-order valence-electron chi connectivity index (χ1n) is 9.11. The Kier molecular flexibility index (Phi) is 5.66. The van der Waals surface area contributed by atoms with Gasteiger partial charge < -0.3 is 10.2 Å². The van der Waals surface area contributed by atoms with Gasteiger partial charge in [-0.05, 0) is 28.6 Å². The molecule has 1 amide bonds. The maximum Gasteiger partial charge on any atom is 0.235 e. The largest absolute Gasteiger partial charge is 0.339 e. The van der Waals surface area contributed by atoms with Crippen molar-refractivity contribution in [2.24, 2.45) is 0 Å². The van der Waals surface area contributed by atoms with E-state index in [9.17, 15) is 9.00 Å². The Morgan fingerprint density at radius 3 is 2.63 bits per heavy atom. The molecule has 0 spiro atoms. The zero-order valence-electron chi connectivity index (χ0n) is 15.0. The normalized spacial score (nSPS) is 15.8. The fourth-order valence-corrected chi connectivity index (χ4v) is 5.65. The SMILES string of the molecule is O=C(CS(=O)Cc1ccccc1-c1cc2ccccc2s1)N1CCNCC1. The number of benzene rings is 2. The van der Waals surface area contributed by atoms with Gasteiger partial charge in [-0.3, -0.25) is 9.00 Å². The minimum atomic E-state index is -1.21. The van der Waals surface area contributed by atoms with E-state index < -0.39 is 10.8 Å². The molecule has 6 heteroatoms. The number of rotatable bonds is 5. The maximum atomic E-state index is 12.7. The summed E-state index contributed by atoms with van der Waals surface area (Å²) in [5.74, 6) is 0.498. The summed E-state index contributed by atoms with van der Waals surface area (Å²) in [4.78, 5) is 15.4. The van der Waals surface area contributed by atoms with Crippen molar-refractivity contribution < 1.29 is 9.00 Å². The van der Waals surface area contributed by atoms with E-state index in [-0.39, 0.29) is 11.7 Å². The van der Waals surface area contributed by atoms with Gasteiger partial charge in [0.1, 0.15) is 5.75 Å². The number of amides is 1. The van der Waals surface area contributed by atoms with Crippen LogP contribution >= 0.6 is 11.3 Å². The lowest BCUT2D eigenvalue weighted by atomic mass is 10.1. The highest BCUT2D eigenvalue weighted by Gasteiger charge is 2.19. The molecule has 3 aromatic rings. The molecule has 0 saturated carbocycles. The second-order valence-electron chi connectivity index (χ2n) is 6.66.